The quantitative estimate of drug-likeness (QED) is 0.600. The molecule has 0 unspecified atom stereocenters. The van der Waals surface area contributed by atoms with Crippen LogP contribution in [0, 0.1) is 0 Å². The van der Waals surface area contributed by atoms with Crippen LogP contribution in [0.15, 0.2) is 12.2 Å². The summed E-state index contributed by atoms with van der Waals surface area (Å²) in [5.74, 6) is -0.341. The van der Waals surface area contributed by atoms with Gasteiger partial charge in [0.2, 0.25) is 5.91 Å². The van der Waals surface area contributed by atoms with Crippen molar-refractivity contribution in [1.82, 2.24) is 5.32 Å². The highest BCUT2D eigenvalue weighted by Crippen LogP contribution is 2.02. The first-order valence-electron chi connectivity index (χ1n) is 4.11. The van der Waals surface area contributed by atoms with Crippen LogP contribution >= 0.6 is 0 Å². The molecule has 0 aromatic heterocycles. The number of rotatable bonds is 5. The number of carbonyl (C=O) groups excluding carboxylic acids is 1. The van der Waals surface area contributed by atoms with Gasteiger partial charge in [0.15, 0.2) is 0 Å². The minimum absolute atomic E-state index is 0.341. The zero-order chi connectivity index (χ0) is 9.78. The Morgan fingerprint density at radius 3 is 2.42 bits per heavy atom. The van der Waals surface area contributed by atoms with Crippen LogP contribution < -0.4 is 11.1 Å². The molecule has 0 aromatic rings. The molecule has 0 aliphatic carbocycles. The summed E-state index contributed by atoms with van der Waals surface area (Å²) < 4.78 is 0. The van der Waals surface area contributed by atoms with Crippen molar-refractivity contribution < 1.29 is 4.79 Å². The zero-order valence-corrected chi connectivity index (χ0v) is 8.11. The number of primary amides is 1. The normalized spacial score (nSPS) is 11.2. The number of carbonyl (C=O) groups is 1. The average Bonchev–Trinajstić information content (AvgIpc) is 2.00. The molecule has 0 bridgehead atoms. The summed E-state index contributed by atoms with van der Waals surface area (Å²) in [7, 11) is 0. The van der Waals surface area contributed by atoms with Gasteiger partial charge < -0.3 is 11.1 Å². The van der Waals surface area contributed by atoms with Gasteiger partial charge in [-0.3, -0.25) is 4.79 Å². The first-order valence-corrected chi connectivity index (χ1v) is 4.11. The Morgan fingerprint density at radius 1 is 1.58 bits per heavy atom. The van der Waals surface area contributed by atoms with Crippen molar-refractivity contribution in [2.45, 2.75) is 32.7 Å². The molecule has 0 fully saturated rings. The number of nitrogens with one attached hydrogen (secondary N) is 1. The topological polar surface area (TPSA) is 55.1 Å². The summed E-state index contributed by atoms with van der Waals surface area (Å²) in [5.41, 5.74) is 5.60. The van der Waals surface area contributed by atoms with E-state index < -0.39 is 5.54 Å². The van der Waals surface area contributed by atoms with Crippen LogP contribution in [0.1, 0.15) is 27.2 Å². The molecule has 3 nitrogen and oxygen atoms in total. The minimum Gasteiger partial charge on any atom is -0.368 e. The molecule has 12 heavy (non-hydrogen) atoms. The Bertz CT molecular complexity index is 185. The lowest BCUT2D eigenvalue weighted by Gasteiger charge is -2.22. The Labute approximate surface area is 74.0 Å². The molecule has 0 heterocycles. The van der Waals surface area contributed by atoms with Gasteiger partial charge >= 0.3 is 0 Å². The second-order valence-corrected chi connectivity index (χ2v) is 3.45. The second kappa shape index (κ2) is 4.26. The Morgan fingerprint density at radius 2 is 2.08 bits per heavy atom. The number of hydrogen-bond acceptors (Lipinski definition) is 2. The fourth-order valence-electron chi connectivity index (χ4n) is 0.558. The molecule has 70 valence electrons. The van der Waals surface area contributed by atoms with E-state index in [0.717, 1.165) is 12.0 Å². The molecule has 3 heteroatoms. The molecule has 0 spiro atoms. The van der Waals surface area contributed by atoms with Crippen molar-refractivity contribution >= 4 is 5.91 Å². The van der Waals surface area contributed by atoms with Gasteiger partial charge in [-0.2, -0.15) is 0 Å². The summed E-state index contributed by atoms with van der Waals surface area (Å²) in [4.78, 5) is 10.9. The first-order chi connectivity index (χ1) is 5.40. The maximum Gasteiger partial charge on any atom is 0.237 e. The molecule has 0 rings (SSSR count). The fraction of sp³-hybridized carbons (Fsp3) is 0.667. The van der Waals surface area contributed by atoms with Gasteiger partial charge in [0.1, 0.15) is 0 Å². The number of hydrogen-bond donors (Lipinski definition) is 2. The Kier molecular flexibility index (Phi) is 3.96. The monoisotopic (exact) mass is 170 g/mol. The number of nitrogens with two attached hydrogens (primary N) is 1. The molecule has 3 N–H and O–H groups in total. The third-order valence-corrected chi connectivity index (χ3v) is 1.90. The van der Waals surface area contributed by atoms with Crippen LogP contribution in [0.4, 0.5) is 0 Å². The van der Waals surface area contributed by atoms with Gasteiger partial charge in [-0.15, -0.1) is 0 Å². The molecule has 0 aliphatic rings. The molecule has 0 atom stereocenters. The SMILES string of the molecule is C=C(CC)CNC(C)(C)C(N)=O. The van der Waals surface area contributed by atoms with E-state index in [1.807, 2.05) is 6.92 Å². The van der Waals surface area contributed by atoms with Crippen molar-refractivity contribution in [3.05, 3.63) is 12.2 Å². The van der Waals surface area contributed by atoms with Crippen LogP contribution in [0.25, 0.3) is 0 Å². The molecule has 0 saturated heterocycles. The molecule has 1 amide bonds. The maximum atomic E-state index is 10.9. The van der Waals surface area contributed by atoms with E-state index >= 15 is 0 Å². The largest absolute Gasteiger partial charge is 0.368 e. The standard InChI is InChI=1S/C9H18N2O/c1-5-7(2)6-11-9(3,4)8(10)12/h11H,2,5-6H2,1,3-4H3,(H2,10,12). The third kappa shape index (κ3) is 3.53. The molecular formula is C9H18N2O. The molecular weight excluding hydrogens is 152 g/mol. The number of amides is 1. The highest BCUT2D eigenvalue weighted by atomic mass is 16.1. The summed E-state index contributed by atoms with van der Waals surface area (Å²) in [5, 5.41) is 3.04. The van der Waals surface area contributed by atoms with E-state index in [2.05, 4.69) is 11.9 Å². The van der Waals surface area contributed by atoms with E-state index in [0.29, 0.717) is 6.54 Å². The van der Waals surface area contributed by atoms with E-state index in [4.69, 9.17) is 5.73 Å². The summed E-state index contributed by atoms with van der Waals surface area (Å²) >= 11 is 0. The summed E-state index contributed by atoms with van der Waals surface area (Å²) in [6.07, 6.45) is 0.918. The second-order valence-electron chi connectivity index (χ2n) is 3.45. The molecule has 0 saturated carbocycles. The van der Waals surface area contributed by atoms with E-state index in [1.165, 1.54) is 0 Å². The predicted octanol–water partition coefficient (Wildman–Crippen LogP) is 0.806. The van der Waals surface area contributed by atoms with Gasteiger partial charge in [0.05, 0.1) is 5.54 Å². The van der Waals surface area contributed by atoms with Crippen LogP contribution in [-0.4, -0.2) is 18.0 Å². The summed E-state index contributed by atoms with van der Waals surface area (Å²) in [6, 6.07) is 0. The maximum absolute atomic E-state index is 10.9. The third-order valence-electron chi connectivity index (χ3n) is 1.90. The molecule has 0 aromatic carbocycles. The van der Waals surface area contributed by atoms with Crippen molar-refractivity contribution in [1.29, 1.82) is 0 Å². The van der Waals surface area contributed by atoms with E-state index in [1.54, 1.807) is 13.8 Å². The fourth-order valence-corrected chi connectivity index (χ4v) is 0.558. The van der Waals surface area contributed by atoms with Gasteiger partial charge in [0.25, 0.3) is 0 Å². The van der Waals surface area contributed by atoms with E-state index in [9.17, 15) is 4.79 Å². The first kappa shape index (κ1) is 11.2. The highest BCUT2D eigenvalue weighted by Gasteiger charge is 2.23. The van der Waals surface area contributed by atoms with Crippen molar-refractivity contribution in [3.8, 4) is 0 Å². The van der Waals surface area contributed by atoms with Crippen molar-refractivity contribution in [3.63, 3.8) is 0 Å². The highest BCUT2D eigenvalue weighted by molar-refractivity contribution is 5.83. The van der Waals surface area contributed by atoms with Crippen molar-refractivity contribution in [2.75, 3.05) is 6.54 Å². The van der Waals surface area contributed by atoms with Gasteiger partial charge in [-0.05, 0) is 20.3 Å². The van der Waals surface area contributed by atoms with Crippen LogP contribution in [-0.2, 0) is 4.79 Å². The lowest BCUT2D eigenvalue weighted by Crippen LogP contribution is -2.51. The molecule has 0 radical (unpaired) electrons. The average molecular weight is 170 g/mol. The van der Waals surface area contributed by atoms with Crippen LogP contribution in [0.3, 0.4) is 0 Å². The Hall–Kier alpha value is -0.830. The van der Waals surface area contributed by atoms with Crippen LogP contribution in [0.2, 0.25) is 0 Å². The van der Waals surface area contributed by atoms with Gasteiger partial charge in [-0.1, -0.05) is 19.1 Å². The summed E-state index contributed by atoms with van der Waals surface area (Å²) in [6.45, 7) is 10.0. The molecule has 0 aliphatic heterocycles. The van der Waals surface area contributed by atoms with Gasteiger partial charge in [0, 0.05) is 6.54 Å². The predicted molar refractivity (Wildman–Crippen MR) is 50.7 cm³/mol. The van der Waals surface area contributed by atoms with Crippen LogP contribution in [0.5, 0.6) is 0 Å². The van der Waals surface area contributed by atoms with Crippen molar-refractivity contribution in [2.24, 2.45) is 5.73 Å². The lowest BCUT2D eigenvalue weighted by molar-refractivity contribution is -0.123. The zero-order valence-electron chi connectivity index (χ0n) is 8.11. The van der Waals surface area contributed by atoms with E-state index in [-0.39, 0.29) is 5.91 Å². The lowest BCUT2D eigenvalue weighted by atomic mass is 10.0. The minimum atomic E-state index is -0.641. The smallest absolute Gasteiger partial charge is 0.237 e. The van der Waals surface area contributed by atoms with Gasteiger partial charge in [-0.25, -0.2) is 0 Å². The Balaban J connectivity index is 3.92.